The first-order chi connectivity index (χ1) is 6.31. The molecule has 13 heavy (non-hydrogen) atoms. The number of hydrogen-bond acceptors (Lipinski definition) is 5. The molecule has 1 atom stereocenters. The first-order valence-corrected chi connectivity index (χ1v) is 9.26. The predicted octanol–water partition coefficient (Wildman–Crippen LogP) is 3.99. The molecule has 0 N–H and O–H groups in total. The van der Waals surface area contributed by atoms with E-state index in [-0.39, 0.29) is 0 Å². The van der Waals surface area contributed by atoms with Crippen molar-refractivity contribution in [3.63, 3.8) is 0 Å². The first kappa shape index (κ1) is 10.0. The van der Waals surface area contributed by atoms with Crippen LogP contribution >= 0.6 is 53.4 Å². The van der Waals surface area contributed by atoms with E-state index in [9.17, 15) is 0 Å². The number of aromatic nitrogens is 1. The fourth-order valence-electron chi connectivity index (χ4n) is 0.977. The van der Waals surface area contributed by atoms with Crippen LogP contribution < -0.4 is 0 Å². The third-order valence-corrected chi connectivity index (χ3v) is 9.43. The molecule has 0 fully saturated rings. The summed E-state index contributed by atoms with van der Waals surface area (Å²) in [6.07, 6.45) is 0. The van der Waals surface area contributed by atoms with Crippen LogP contribution in [0.5, 0.6) is 0 Å². The van der Waals surface area contributed by atoms with E-state index in [1.165, 1.54) is 14.5 Å². The fourth-order valence-corrected chi connectivity index (χ4v) is 5.25. The van der Waals surface area contributed by atoms with Gasteiger partial charge in [0.1, 0.15) is 4.34 Å². The van der Waals surface area contributed by atoms with Gasteiger partial charge in [-0.3, -0.25) is 0 Å². The van der Waals surface area contributed by atoms with Crippen molar-refractivity contribution in [3.8, 4) is 0 Å². The zero-order valence-electron chi connectivity index (χ0n) is 6.41. The number of thiol groups is 3. The van der Waals surface area contributed by atoms with E-state index in [0.717, 1.165) is 9.86 Å². The molecule has 0 aliphatic rings. The fraction of sp³-hybridized carbons (Fsp3) is 0. The molecule has 0 spiro atoms. The van der Waals surface area contributed by atoms with E-state index >= 15 is 0 Å². The second-order valence-electron chi connectivity index (χ2n) is 2.32. The molecule has 1 aromatic heterocycles. The second-order valence-corrected chi connectivity index (χ2v) is 9.85. The highest BCUT2D eigenvalue weighted by Gasteiger charge is 2.07. The zero-order valence-corrected chi connectivity index (χ0v) is 10.7. The minimum Gasteiger partial charge on any atom is -0.230 e. The summed E-state index contributed by atoms with van der Waals surface area (Å²) in [6.45, 7) is 0. The lowest BCUT2D eigenvalue weighted by Crippen LogP contribution is -1.67. The Balaban J connectivity index is 2.49. The van der Waals surface area contributed by atoms with Crippen molar-refractivity contribution in [1.29, 1.82) is 0 Å². The van der Waals surface area contributed by atoms with Gasteiger partial charge in [0.05, 0.1) is 10.2 Å². The maximum absolute atomic E-state index is 4.48. The third kappa shape index (κ3) is 2.12. The van der Waals surface area contributed by atoms with Gasteiger partial charge in [0.15, 0.2) is 0 Å². The Bertz CT molecular complexity index is 379. The highest BCUT2D eigenvalue weighted by Crippen LogP contribution is 2.55. The molecule has 1 heterocycles. The van der Waals surface area contributed by atoms with Crippen molar-refractivity contribution in [3.05, 3.63) is 24.3 Å². The molecule has 0 radical (unpaired) electrons. The van der Waals surface area contributed by atoms with E-state index in [0.29, 0.717) is 0 Å². The van der Waals surface area contributed by atoms with Crippen LogP contribution in [0.2, 0.25) is 0 Å². The summed E-state index contributed by atoms with van der Waals surface area (Å²) in [5.74, 6) is 0. The molecule has 1 aromatic carbocycles. The van der Waals surface area contributed by atoms with Crippen molar-refractivity contribution in [2.24, 2.45) is 0 Å². The average molecular weight is 265 g/mol. The Kier molecular flexibility index (Phi) is 3.36. The Morgan fingerprint density at radius 2 is 2.15 bits per heavy atom. The highest BCUT2D eigenvalue weighted by molar-refractivity contribution is 9.27. The molecule has 0 bridgehead atoms. The predicted molar refractivity (Wildman–Crippen MR) is 72.4 cm³/mol. The average Bonchev–Trinajstić information content (AvgIpc) is 2.59. The molecule has 1 unspecified atom stereocenters. The number of fused-ring (bicyclic) bond motifs is 1. The quantitative estimate of drug-likeness (QED) is 0.561. The van der Waals surface area contributed by atoms with Gasteiger partial charge >= 0.3 is 0 Å². The van der Waals surface area contributed by atoms with Gasteiger partial charge in [-0.15, -0.1) is 34.7 Å². The first-order valence-electron chi connectivity index (χ1n) is 3.47. The van der Waals surface area contributed by atoms with Gasteiger partial charge in [0.25, 0.3) is 0 Å². The van der Waals surface area contributed by atoms with Gasteiger partial charge in [-0.2, -0.15) is 0 Å². The number of hydrogen-bond donors (Lipinski definition) is 3. The lowest BCUT2D eigenvalue weighted by atomic mass is 10.3. The third-order valence-electron chi connectivity index (χ3n) is 1.52. The monoisotopic (exact) mass is 265 g/mol. The van der Waals surface area contributed by atoms with Crippen LogP contribution in [-0.2, 0) is 0 Å². The minimum atomic E-state index is -0.538. The molecule has 2 aromatic rings. The van der Waals surface area contributed by atoms with Crippen molar-refractivity contribution < 1.29 is 0 Å². The molecule has 2 rings (SSSR count). The normalized spacial score (nSPS) is 14.8. The largest absolute Gasteiger partial charge is 0.230 e. The van der Waals surface area contributed by atoms with Crippen molar-refractivity contribution in [1.82, 2.24) is 4.98 Å². The number of nitrogens with zero attached hydrogens (tertiary/aromatic N) is 1. The summed E-state index contributed by atoms with van der Waals surface area (Å²) in [7, 11) is 0.927. The van der Waals surface area contributed by atoms with Gasteiger partial charge in [-0.05, 0) is 22.0 Å². The Morgan fingerprint density at radius 3 is 2.85 bits per heavy atom. The van der Waals surface area contributed by atoms with Crippen LogP contribution in [-0.4, -0.2) is 4.98 Å². The highest BCUT2D eigenvalue weighted by atomic mass is 33.7. The van der Waals surface area contributed by atoms with Gasteiger partial charge in [-0.1, -0.05) is 21.1 Å². The van der Waals surface area contributed by atoms with Crippen LogP contribution in [0.1, 0.15) is 0 Å². The summed E-state index contributed by atoms with van der Waals surface area (Å²) in [5, 5.41) is 0. The van der Waals surface area contributed by atoms with Crippen LogP contribution in [0.4, 0.5) is 0 Å². The van der Waals surface area contributed by atoms with E-state index in [4.69, 9.17) is 0 Å². The molecule has 6 heteroatoms. The zero-order chi connectivity index (χ0) is 9.26. The molecule has 0 saturated heterocycles. The number of benzene rings is 1. The molecule has 70 valence electrons. The molecule has 0 aliphatic heterocycles. The Hall–Kier alpha value is 0.510. The lowest BCUT2D eigenvalue weighted by Gasteiger charge is -2.03. The molecule has 0 amide bonds. The van der Waals surface area contributed by atoms with Crippen molar-refractivity contribution in [2.75, 3.05) is 0 Å². The Morgan fingerprint density at radius 1 is 1.38 bits per heavy atom. The van der Waals surface area contributed by atoms with Crippen molar-refractivity contribution >= 4 is 63.7 Å². The number of para-hydroxylation sites is 1. The molecular formula is C7H7NS5. The second kappa shape index (κ2) is 4.35. The van der Waals surface area contributed by atoms with Gasteiger partial charge in [-0.25, -0.2) is 4.98 Å². The van der Waals surface area contributed by atoms with E-state index in [1.54, 1.807) is 11.3 Å². The number of thiazole rings is 1. The smallest absolute Gasteiger partial charge is 0.149 e. The summed E-state index contributed by atoms with van der Waals surface area (Å²) >= 11 is 10.3. The van der Waals surface area contributed by atoms with E-state index in [1.807, 2.05) is 18.2 Å². The summed E-state index contributed by atoms with van der Waals surface area (Å²) in [5.41, 5.74) is 1.06. The topological polar surface area (TPSA) is 12.9 Å². The maximum atomic E-state index is 4.48. The van der Waals surface area contributed by atoms with Crippen LogP contribution in [0.3, 0.4) is 0 Å². The lowest BCUT2D eigenvalue weighted by molar-refractivity contribution is 1.31. The molecule has 1 nitrogen and oxygen atoms in total. The summed E-state index contributed by atoms with van der Waals surface area (Å²) in [4.78, 5) is 4.48. The van der Waals surface area contributed by atoms with Gasteiger partial charge in [0.2, 0.25) is 0 Å². The summed E-state index contributed by atoms with van der Waals surface area (Å²) < 4.78 is 2.31. The van der Waals surface area contributed by atoms with Crippen molar-refractivity contribution in [2.45, 2.75) is 4.34 Å². The minimum absolute atomic E-state index is 0.538. The molecule has 0 saturated carbocycles. The number of rotatable bonds is 2. The van der Waals surface area contributed by atoms with Crippen LogP contribution in [0.25, 0.3) is 10.2 Å². The molecular weight excluding hydrogens is 258 g/mol. The van der Waals surface area contributed by atoms with Crippen LogP contribution in [0, 0.1) is 0 Å². The SMILES string of the molecule is SS[SH](S)c1nc2ccccc2s1. The summed E-state index contributed by atoms with van der Waals surface area (Å²) in [6, 6.07) is 8.13. The van der Waals surface area contributed by atoms with Gasteiger partial charge in [0, 0.05) is 0 Å². The van der Waals surface area contributed by atoms with Gasteiger partial charge < -0.3 is 0 Å². The van der Waals surface area contributed by atoms with E-state index < -0.39 is 8.96 Å². The van der Waals surface area contributed by atoms with Crippen LogP contribution in [0.15, 0.2) is 28.6 Å². The standard InChI is InChI=1S/C7H7NS5/c9-12-13(10)7-8-5-3-1-2-4-6(5)11-7/h1-4,9-10,13H. The Labute approximate surface area is 96.7 Å². The maximum Gasteiger partial charge on any atom is 0.149 e. The molecule has 0 aliphatic carbocycles. The van der Waals surface area contributed by atoms with E-state index in [2.05, 4.69) is 34.4 Å².